The molecule has 0 saturated heterocycles. The Labute approximate surface area is 164 Å². The van der Waals surface area contributed by atoms with Gasteiger partial charge in [0.1, 0.15) is 10.6 Å². The van der Waals surface area contributed by atoms with Gasteiger partial charge in [-0.05, 0) is 42.9 Å². The van der Waals surface area contributed by atoms with E-state index in [1.807, 2.05) is 6.07 Å². The van der Waals surface area contributed by atoms with Crippen LogP contribution in [0.1, 0.15) is 29.5 Å². The van der Waals surface area contributed by atoms with E-state index in [1.165, 1.54) is 23.7 Å². The number of rotatable bonds is 5. The molecule has 0 aliphatic heterocycles. The van der Waals surface area contributed by atoms with E-state index in [0.29, 0.717) is 23.4 Å². The maximum atomic E-state index is 13.4. The van der Waals surface area contributed by atoms with Crippen LogP contribution in [0.25, 0.3) is 10.2 Å². The van der Waals surface area contributed by atoms with Gasteiger partial charge in [0.05, 0.1) is 31.1 Å². The van der Waals surface area contributed by atoms with Gasteiger partial charge in [0.2, 0.25) is 0 Å². The van der Waals surface area contributed by atoms with Gasteiger partial charge < -0.3 is 9.15 Å². The second kappa shape index (κ2) is 7.52. The number of nitrogens with zero attached hydrogens (tertiary/aromatic N) is 2. The lowest BCUT2D eigenvalue weighted by atomic mass is 9.89. The summed E-state index contributed by atoms with van der Waals surface area (Å²) >= 11 is 2.83. The first-order valence-corrected chi connectivity index (χ1v) is 10.6. The minimum absolute atomic E-state index is 0.0594. The topological polar surface area (TPSA) is 74.3 Å². The first-order chi connectivity index (χ1) is 13.1. The van der Waals surface area contributed by atoms with Gasteiger partial charge in [-0.25, -0.2) is 4.98 Å². The molecule has 1 aliphatic carbocycles. The minimum atomic E-state index is -0.349. The van der Waals surface area contributed by atoms with E-state index in [1.54, 1.807) is 28.2 Å². The van der Waals surface area contributed by atoms with Crippen molar-refractivity contribution < 1.29 is 13.9 Å². The fourth-order valence-electron chi connectivity index (χ4n) is 3.40. The maximum absolute atomic E-state index is 13.4. The molecule has 1 aliphatic rings. The summed E-state index contributed by atoms with van der Waals surface area (Å²) in [5.41, 5.74) is 1.10. The predicted molar refractivity (Wildman–Crippen MR) is 106 cm³/mol. The number of esters is 1. The molecular formula is C19H20N2O4S2. The number of thioether (sulfide) groups is 1. The van der Waals surface area contributed by atoms with E-state index in [-0.39, 0.29) is 17.3 Å². The molecule has 1 atom stereocenters. The zero-order chi connectivity index (χ0) is 19.0. The van der Waals surface area contributed by atoms with Crippen LogP contribution >= 0.6 is 23.1 Å². The highest BCUT2D eigenvalue weighted by atomic mass is 32.2. The number of carbonyl (C=O) groups is 1. The van der Waals surface area contributed by atoms with Gasteiger partial charge in [-0.1, -0.05) is 18.7 Å². The number of hydrogen-bond donors (Lipinski definition) is 0. The third kappa shape index (κ3) is 3.55. The van der Waals surface area contributed by atoms with Crippen LogP contribution < -0.4 is 5.56 Å². The van der Waals surface area contributed by atoms with Gasteiger partial charge in [-0.3, -0.25) is 14.2 Å². The number of aryl methyl sites for hydroxylation is 1. The van der Waals surface area contributed by atoms with Gasteiger partial charge in [0, 0.05) is 4.88 Å². The molecule has 8 heteroatoms. The number of aromatic nitrogens is 2. The molecule has 27 heavy (non-hydrogen) atoms. The van der Waals surface area contributed by atoms with Crippen molar-refractivity contribution >= 4 is 39.3 Å². The van der Waals surface area contributed by atoms with Crippen LogP contribution in [0.2, 0.25) is 0 Å². The first kappa shape index (κ1) is 18.3. The molecule has 0 bridgehead atoms. The Kier molecular flexibility index (Phi) is 5.10. The van der Waals surface area contributed by atoms with Crippen molar-refractivity contribution in [1.29, 1.82) is 0 Å². The highest BCUT2D eigenvalue weighted by Gasteiger charge is 2.25. The highest BCUT2D eigenvalue weighted by Crippen LogP contribution is 2.36. The minimum Gasteiger partial charge on any atom is -0.468 e. The molecule has 0 aromatic carbocycles. The van der Waals surface area contributed by atoms with Crippen molar-refractivity contribution in [2.24, 2.45) is 5.92 Å². The molecule has 0 radical (unpaired) electrons. The zero-order valence-corrected chi connectivity index (χ0v) is 16.8. The second-order valence-corrected chi connectivity index (χ2v) is 8.79. The molecule has 0 saturated carbocycles. The van der Waals surface area contributed by atoms with Crippen molar-refractivity contribution in [3.63, 3.8) is 0 Å². The lowest BCUT2D eigenvalue weighted by molar-refractivity contribution is -0.137. The number of ether oxygens (including phenoxy) is 1. The molecule has 0 amide bonds. The standard InChI is InChI=1S/C19H20N2O4S2/c1-11-5-6-13-14(8-11)27-17-16(13)18(23)21(9-12-4-3-7-25-12)19(20-17)26-10-15(22)24-2/h3-4,7,11H,5-6,8-10H2,1-2H3/t11-/m1/s1. The number of thiophene rings is 1. The maximum Gasteiger partial charge on any atom is 0.316 e. The monoisotopic (exact) mass is 404 g/mol. The van der Waals surface area contributed by atoms with Crippen molar-refractivity contribution in [3.8, 4) is 0 Å². The van der Waals surface area contributed by atoms with Gasteiger partial charge in [-0.2, -0.15) is 0 Å². The molecule has 142 valence electrons. The van der Waals surface area contributed by atoms with Crippen molar-refractivity contribution in [1.82, 2.24) is 9.55 Å². The average Bonchev–Trinajstić information content (AvgIpc) is 3.29. The van der Waals surface area contributed by atoms with Crippen LogP contribution in [0.15, 0.2) is 32.8 Å². The fraction of sp³-hybridized carbons (Fsp3) is 0.421. The SMILES string of the molecule is COC(=O)CSc1nc2sc3c(c2c(=O)n1Cc1ccco1)CC[C@@H](C)C3. The van der Waals surface area contributed by atoms with E-state index in [0.717, 1.165) is 35.0 Å². The predicted octanol–water partition coefficient (Wildman–Crippen LogP) is 3.49. The molecule has 3 heterocycles. The van der Waals surface area contributed by atoms with Gasteiger partial charge in [0.15, 0.2) is 5.16 Å². The largest absolute Gasteiger partial charge is 0.468 e. The number of furan rings is 1. The molecule has 0 N–H and O–H groups in total. The first-order valence-electron chi connectivity index (χ1n) is 8.84. The lowest BCUT2D eigenvalue weighted by Crippen LogP contribution is -2.25. The third-order valence-electron chi connectivity index (χ3n) is 4.82. The normalized spacial score (nSPS) is 16.4. The summed E-state index contributed by atoms with van der Waals surface area (Å²) in [4.78, 5) is 31.7. The Hall–Kier alpha value is -2.06. The number of carbonyl (C=O) groups excluding carboxylic acids is 1. The molecular weight excluding hydrogens is 384 g/mol. The number of hydrogen-bond acceptors (Lipinski definition) is 7. The molecule has 3 aromatic heterocycles. The number of methoxy groups -OCH3 is 1. The number of fused-ring (bicyclic) bond motifs is 3. The summed E-state index contributed by atoms with van der Waals surface area (Å²) in [5.74, 6) is 1.06. The summed E-state index contributed by atoms with van der Waals surface area (Å²) in [7, 11) is 1.35. The van der Waals surface area contributed by atoms with Crippen LogP contribution in [0, 0.1) is 5.92 Å². The Morgan fingerprint density at radius 3 is 3.11 bits per heavy atom. The Morgan fingerprint density at radius 1 is 1.52 bits per heavy atom. The Bertz CT molecular complexity index is 1040. The van der Waals surface area contributed by atoms with Crippen LogP contribution in [-0.4, -0.2) is 28.4 Å². The van der Waals surface area contributed by atoms with Gasteiger partial charge in [0.25, 0.3) is 5.56 Å². The summed E-state index contributed by atoms with van der Waals surface area (Å²) < 4.78 is 11.8. The summed E-state index contributed by atoms with van der Waals surface area (Å²) in [6.45, 7) is 2.53. The molecule has 6 nitrogen and oxygen atoms in total. The van der Waals surface area contributed by atoms with E-state index in [2.05, 4.69) is 6.92 Å². The van der Waals surface area contributed by atoms with Crippen molar-refractivity contribution in [2.45, 2.75) is 37.9 Å². The van der Waals surface area contributed by atoms with Gasteiger partial charge in [-0.15, -0.1) is 11.3 Å². The van der Waals surface area contributed by atoms with Crippen LogP contribution in [0.5, 0.6) is 0 Å². The van der Waals surface area contributed by atoms with E-state index in [9.17, 15) is 9.59 Å². The molecule has 0 fully saturated rings. The van der Waals surface area contributed by atoms with Crippen molar-refractivity contribution in [3.05, 3.63) is 45.0 Å². The van der Waals surface area contributed by atoms with Crippen LogP contribution in [0.4, 0.5) is 0 Å². The Morgan fingerprint density at radius 2 is 2.37 bits per heavy atom. The van der Waals surface area contributed by atoms with E-state index in [4.69, 9.17) is 14.1 Å². The molecule has 3 aromatic rings. The van der Waals surface area contributed by atoms with Crippen molar-refractivity contribution in [2.75, 3.05) is 12.9 Å². The Balaban J connectivity index is 1.83. The molecule has 0 unspecified atom stereocenters. The summed E-state index contributed by atoms with van der Waals surface area (Å²) in [5, 5.41) is 1.25. The highest BCUT2D eigenvalue weighted by molar-refractivity contribution is 7.99. The lowest BCUT2D eigenvalue weighted by Gasteiger charge is -2.17. The van der Waals surface area contributed by atoms with E-state index >= 15 is 0 Å². The van der Waals surface area contributed by atoms with Crippen LogP contribution in [-0.2, 0) is 28.9 Å². The average molecular weight is 405 g/mol. The fourth-order valence-corrected chi connectivity index (χ4v) is 5.65. The zero-order valence-electron chi connectivity index (χ0n) is 15.2. The smallest absolute Gasteiger partial charge is 0.316 e. The van der Waals surface area contributed by atoms with Gasteiger partial charge >= 0.3 is 5.97 Å². The quantitative estimate of drug-likeness (QED) is 0.368. The van der Waals surface area contributed by atoms with E-state index < -0.39 is 0 Å². The molecule has 0 spiro atoms. The van der Waals surface area contributed by atoms with Crippen LogP contribution in [0.3, 0.4) is 0 Å². The summed E-state index contributed by atoms with van der Waals surface area (Å²) in [6.07, 6.45) is 4.60. The molecule has 4 rings (SSSR count). The summed E-state index contributed by atoms with van der Waals surface area (Å²) in [6, 6.07) is 3.62. The third-order valence-corrected chi connectivity index (χ3v) is 6.92. The second-order valence-electron chi connectivity index (χ2n) is 6.76.